The third-order valence-electron chi connectivity index (χ3n) is 5.70. The fraction of sp³-hybridized carbons (Fsp3) is 0.440. The lowest BCUT2D eigenvalue weighted by atomic mass is 9.95. The molecular formula is C25H28Cl2F5N5O3. The first-order valence-electron chi connectivity index (χ1n) is 11.9. The number of aliphatic hydroxyl groups excluding tert-OH is 1. The Balaban J connectivity index is 1.97. The number of hydrogen-bond donors (Lipinski definition) is 4. The van der Waals surface area contributed by atoms with Crippen LogP contribution in [0.5, 0.6) is 5.75 Å². The predicted molar refractivity (Wildman–Crippen MR) is 142 cm³/mol. The van der Waals surface area contributed by atoms with Crippen LogP contribution in [-0.2, 0) is 18.4 Å². The zero-order chi connectivity index (χ0) is 30.0. The van der Waals surface area contributed by atoms with Crippen LogP contribution in [0.1, 0.15) is 38.1 Å². The van der Waals surface area contributed by atoms with Crippen LogP contribution in [0, 0.1) is 5.41 Å². The van der Waals surface area contributed by atoms with Crippen molar-refractivity contribution >= 4 is 51.8 Å². The summed E-state index contributed by atoms with van der Waals surface area (Å²) in [6.07, 6.45) is -9.38. The second kappa shape index (κ2) is 12.3. The van der Waals surface area contributed by atoms with Crippen molar-refractivity contribution in [2.75, 3.05) is 18.5 Å². The lowest BCUT2D eigenvalue weighted by molar-refractivity contribution is -0.131. The molecule has 4 N–H and O–H groups in total. The number of halogens is 7. The van der Waals surface area contributed by atoms with E-state index in [-0.39, 0.29) is 51.0 Å². The van der Waals surface area contributed by atoms with Crippen molar-refractivity contribution in [1.29, 1.82) is 0 Å². The fourth-order valence-corrected chi connectivity index (χ4v) is 4.09. The molecule has 15 heteroatoms. The molecule has 8 nitrogen and oxygen atoms in total. The van der Waals surface area contributed by atoms with Gasteiger partial charge in [-0.2, -0.15) is 13.2 Å². The summed E-state index contributed by atoms with van der Waals surface area (Å²) in [6, 6.07) is 5.75. The van der Waals surface area contributed by atoms with E-state index in [4.69, 9.17) is 27.9 Å². The van der Waals surface area contributed by atoms with Gasteiger partial charge in [-0.1, -0.05) is 50.0 Å². The first kappa shape index (κ1) is 31.7. The van der Waals surface area contributed by atoms with Crippen LogP contribution in [0.2, 0.25) is 10.0 Å². The van der Waals surface area contributed by atoms with E-state index in [1.807, 2.05) is 5.32 Å². The number of aryl methyl sites for hydroxylation is 1. The molecule has 0 aliphatic rings. The molecule has 40 heavy (non-hydrogen) atoms. The lowest BCUT2D eigenvalue weighted by Crippen LogP contribution is -2.34. The van der Waals surface area contributed by atoms with E-state index in [0.717, 1.165) is 0 Å². The number of nitrogens with one attached hydrogen (secondary N) is 3. The average molecular weight is 612 g/mol. The third kappa shape index (κ3) is 7.87. The summed E-state index contributed by atoms with van der Waals surface area (Å²) in [7, 11) is 1.59. The van der Waals surface area contributed by atoms with Gasteiger partial charge in [0.05, 0.1) is 33.3 Å². The van der Waals surface area contributed by atoms with Crippen molar-refractivity contribution in [3.05, 3.63) is 45.4 Å². The highest BCUT2D eigenvalue weighted by molar-refractivity contribution is 6.39. The van der Waals surface area contributed by atoms with Crippen molar-refractivity contribution < 1.29 is 36.6 Å². The fourth-order valence-electron chi connectivity index (χ4n) is 3.56. The number of nitrogens with zero attached hydrogens (tertiary/aromatic N) is 2. The highest BCUT2D eigenvalue weighted by Crippen LogP contribution is 2.37. The Bertz CT molecular complexity index is 1380. The molecule has 0 aliphatic carbocycles. The predicted octanol–water partition coefficient (Wildman–Crippen LogP) is 6.07. The number of aromatic nitrogens is 2. The number of aliphatic hydroxyl groups is 1. The number of amides is 1. The third-order valence-corrected chi connectivity index (χ3v) is 6.44. The molecule has 1 heterocycles. The van der Waals surface area contributed by atoms with Crippen molar-refractivity contribution in [3.8, 4) is 5.75 Å². The van der Waals surface area contributed by atoms with Crippen LogP contribution >= 0.6 is 23.2 Å². The maximum Gasteiger partial charge on any atom is 0.401 e. The molecule has 0 radical (unpaired) electrons. The van der Waals surface area contributed by atoms with Crippen molar-refractivity contribution in [2.45, 2.75) is 46.1 Å². The van der Waals surface area contributed by atoms with Gasteiger partial charge in [0.25, 0.3) is 6.43 Å². The smallest absolute Gasteiger partial charge is 0.401 e. The summed E-state index contributed by atoms with van der Waals surface area (Å²) in [5.74, 6) is -0.252. The maximum atomic E-state index is 12.8. The molecule has 0 spiro atoms. The second-order valence-corrected chi connectivity index (χ2v) is 10.7. The highest BCUT2D eigenvalue weighted by Gasteiger charge is 2.29. The number of fused-ring (bicyclic) bond motifs is 1. The number of anilines is 2. The summed E-state index contributed by atoms with van der Waals surface area (Å²) in [4.78, 5) is 16.7. The molecule has 3 aromatic rings. The molecule has 0 bridgehead atoms. The Morgan fingerprint density at radius 2 is 1.85 bits per heavy atom. The SMILES string of the molecule is Cn1c(Nc2c(Cl)ccc(CNC(=O)C(C)(C)C)c2Cl)nc2cc(C(O)NCC(F)(F)F)c(OCC(F)F)cc21. The van der Waals surface area contributed by atoms with Gasteiger partial charge in [0.2, 0.25) is 11.9 Å². The number of carbonyl (C=O) groups excluding carboxylic acids is 1. The van der Waals surface area contributed by atoms with Gasteiger partial charge in [-0.15, -0.1) is 0 Å². The lowest BCUT2D eigenvalue weighted by Gasteiger charge is -2.19. The molecule has 1 atom stereocenters. The van der Waals surface area contributed by atoms with Gasteiger partial charge in [-0.05, 0) is 17.7 Å². The Morgan fingerprint density at radius 1 is 1.18 bits per heavy atom. The van der Waals surface area contributed by atoms with Crippen LogP contribution < -0.4 is 20.7 Å². The normalized spacial score (nSPS) is 13.1. The van der Waals surface area contributed by atoms with E-state index in [0.29, 0.717) is 11.1 Å². The van der Waals surface area contributed by atoms with Crippen LogP contribution in [0.15, 0.2) is 24.3 Å². The summed E-state index contributed by atoms with van der Waals surface area (Å²) in [6.45, 7) is 2.86. The second-order valence-electron chi connectivity index (χ2n) is 9.93. The number of alkyl halides is 5. The van der Waals surface area contributed by atoms with E-state index < -0.39 is 37.4 Å². The van der Waals surface area contributed by atoms with Crippen molar-refractivity contribution in [2.24, 2.45) is 12.5 Å². The van der Waals surface area contributed by atoms with E-state index in [2.05, 4.69) is 15.6 Å². The number of ether oxygens (including phenoxy) is 1. The number of hydrogen-bond acceptors (Lipinski definition) is 6. The minimum Gasteiger partial charge on any atom is -0.487 e. The van der Waals surface area contributed by atoms with Gasteiger partial charge in [-0.3, -0.25) is 10.1 Å². The van der Waals surface area contributed by atoms with Crippen LogP contribution in [0.25, 0.3) is 11.0 Å². The van der Waals surface area contributed by atoms with Gasteiger partial charge in [0.15, 0.2) is 0 Å². The number of rotatable bonds is 10. The molecule has 220 valence electrons. The van der Waals surface area contributed by atoms with Gasteiger partial charge in [0.1, 0.15) is 18.6 Å². The molecule has 2 aromatic carbocycles. The molecule has 1 amide bonds. The van der Waals surface area contributed by atoms with E-state index in [9.17, 15) is 31.9 Å². The van der Waals surface area contributed by atoms with E-state index >= 15 is 0 Å². The topological polar surface area (TPSA) is 100 Å². The Labute approximate surface area is 236 Å². The van der Waals surface area contributed by atoms with Gasteiger partial charge < -0.3 is 25.0 Å². The van der Waals surface area contributed by atoms with Crippen LogP contribution in [0.4, 0.5) is 33.6 Å². The Morgan fingerprint density at radius 3 is 2.45 bits per heavy atom. The maximum absolute atomic E-state index is 12.8. The van der Waals surface area contributed by atoms with Gasteiger partial charge >= 0.3 is 6.18 Å². The zero-order valence-electron chi connectivity index (χ0n) is 21.9. The standard InChI is InChI=1S/C25H28Cl2F5N5O3/c1-24(2,3)22(39)33-9-12-5-6-14(26)20(19(12)27)36-23-35-15-7-13(21(38)34-11-25(30,31)32)17(40-10-18(28)29)8-16(15)37(23)4/h5-8,18,21,34,38H,9-11H2,1-4H3,(H,33,39)(H,35,36). The summed E-state index contributed by atoms with van der Waals surface area (Å²) in [5, 5.41) is 18.5. The van der Waals surface area contributed by atoms with Crippen LogP contribution in [0.3, 0.4) is 0 Å². The minimum absolute atomic E-state index is 0.125. The first-order valence-corrected chi connectivity index (χ1v) is 12.6. The minimum atomic E-state index is -4.63. The zero-order valence-corrected chi connectivity index (χ0v) is 23.4. The average Bonchev–Trinajstić information content (AvgIpc) is 3.15. The first-order chi connectivity index (χ1) is 18.5. The highest BCUT2D eigenvalue weighted by atomic mass is 35.5. The van der Waals surface area contributed by atoms with Gasteiger partial charge in [-0.25, -0.2) is 13.8 Å². The number of imidazole rings is 1. The molecule has 3 rings (SSSR count). The van der Waals surface area contributed by atoms with Gasteiger partial charge in [0, 0.05) is 30.6 Å². The van der Waals surface area contributed by atoms with Crippen LogP contribution in [-0.4, -0.2) is 46.3 Å². The molecule has 0 saturated heterocycles. The quantitative estimate of drug-likeness (QED) is 0.164. The van der Waals surface area contributed by atoms with Crippen molar-refractivity contribution in [1.82, 2.24) is 20.2 Å². The summed E-state index contributed by atoms with van der Waals surface area (Å²) in [5.41, 5.74) is 0.561. The number of carbonyl (C=O) groups is 1. The summed E-state index contributed by atoms with van der Waals surface area (Å²) < 4.78 is 70.3. The summed E-state index contributed by atoms with van der Waals surface area (Å²) >= 11 is 13.0. The molecule has 1 unspecified atom stereocenters. The molecule has 0 fully saturated rings. The molecule has 0 aliphatic heterocycles. The molecular weight excluding hydrogens is 584 g/mol. The number of benzene rings is 2. The largest absolute Gasteiger partial charge is 0.487 e. The Kier molecular flexibility index (Phi) is 9.76. The monoisotopic (exact) mass is 611 g/mol. The molecule has 1 aromatic heterocycles. The molecule has 0 saturated carbocycles. The van der Waals surface area contributed by atoms with E-state index in [1.165, 1.54) is 16.7 Å². The van der Waals surface area contributed by atoms with E-state index in [1.54, 1.807) is 40.0 Å². The van der Waals surface area contributed by atoms with Crippen molar-refractivity contribution in [3.63, 3.8) is 0 Å². The Hall–Kier alpha value is -2.87.